The van der Waals surface area contributed by atoms with Gasteiger partial charge < -0.3 is 5.32 Å². The molecule has 1 nitrogen and oxygen atoms in total. The summed E-state index contributed by atoms with van der Waals surface area (Å²) in [5, 5.41) is 3.72. The van der Waals surface area contributed by atoms with Gasteiger partial charge in [-0.2, -0.15) is 0 Å². The summed E-state index contributed by atoms with van der Waals surface area (Å²) in [6.45, 7) is 10.5. The first-order chi connectivity index (χ1) is 7.60. The molecule has 1 rings (SSSR count). The normalized spacial score (nSPS) is 21.0. The zero-order valence-electron chi connectivity index (χ0n) is 11.8. The Kier molecular flexibility index (Phi) is 5.82. The third-order valence-electron chi connectivity index (χ3n) is 4.60. The Labute approximate surface area is 102 Å². The fraction of sp³-hybridized carbons (Fsp3) is 1.00. The zero-order chi connectivity index (χ0) is 12.0. The van der Waals surface area contributed by atoms with Crippen molar-refractivity contribution in [2.45, 2.75) is 78.7 Å². The van der Waals surface area contributed by atoms with E-state index in [9.17, 15) is 0 Å². The van der Waals surface area contributed by atoms with Gasteiger partial charge in [0.05, 0.1) is 0 Å². The van der Waals surface area contributed by atoms with Crippen molar-refractivity contribution in [1.29, 1.82) is 0 Å². The summed E-state index contributed by atoms with van der Waals surface area (Å²) in [6.07, 6.45) is 10.0. The predicted octanol–water partition coefficient (Wildman–Crippen LogP) is 4.37. The number of nitrogens with one attached hydrogen (secondary N) is 1. The smallest absolute Gasteiger partial charge is 0.0121 e. The van der Waals surface area contributed by atoms with E-state index in [1.807, 2.05) is 0 Å². The van der Waals surface area contributed by atoms with E-state index >= 15 is 0 Å². The molecular formula is C15H31N. The molecule has 1 fully saturated rings. The molecule has 1 aliphatic rings. The van der Waals surface area contributed by atoms with E-state index in [2.05, 4.69) is 33.0 Å². The van der Waals surface area contributed by atoms with Gasteiger partial charge >= 0.3 is 0 Å². The Bertz CT molecular complexity index is 180. The van der Waals surface area contributed by atoms with Crippen LogP contribution in [0, 0.1) is 11.3 Å². The molecule has 0 radical (unpaired) electrons. The van der Waals surface area contributed by atoms with E-state index in [1.54, 1.807) is 0 Å². The molecule has 0 aromatic carbocycles. The molecular weight excluding hydrogens is 194 g/mol. The first kappa shape index (κ1) is 14.0. The molecule has 96 valence electrons. The van der Waals surface area contributed by atoms with Crippen LogP contribution in [0.2, 0.25) is 0 Å². The van der Waals surface area contributed by atoms with Crippen LogP contribution in [0.3, 0.4) is 0 Å². The molecule has 0 spiro atoms. The van der Waals surface area contributed by atoms with Gasteiger partial charge in [-0.3, -0.25) is 0 Å². The molecule has 1 heteroatoms. The molecule has 0 aromatic heterocycles. The fourth-order valence-electron chi connectivity index (χ4n) is 2.93. The lowest BCUT2D eigenvalue weighted by Crippen LogP contribution is -2.43. The van der Waals surface area contributed by atoms with Gasteiger partial charge in [0.25, 0.3) is 0 Å². The number of hydrogen-bond donors (Lipinski definition) is 1. The quantitative estimate of drug-likeness (QED) is 0.708. The molecule has 1 aliphatic carbocycles. The number of hydrogen-bond acceptors (Lipinski definition) is 1. The maximum atomic E-state index is 3.72. The SMILES string of the molecule is CCNC(CC1CCCCC1)C(C)(C)CC. The summed E-state index contributed by atoms with van der Waals surface area (Å²) >= 11 is 0. The molecule has 1 saturated carbocycles. The van der Waals surface area contributed by atoms with Crippen molar-refractivity contribution < 1.29 is 0 Å². The van der Waals surface area contributed by atoms with Crippen LogP contribution < -0.4 is 5.32 Å². The van der Waals surface area contributed by atoms with Crippen LogP contribution in [0.1, 0.15) is 72.6 Å². The molecule has 0 aromatic rings. The van der Waals surface area contributed by atoms with E-state index in [4.69, 9.17) is 0 Å². The van der Waals surface area contributed by atoms with E-state index in [0.29, 0.717) is 11.5 Å². The Morgan fingerprint density at radius 2 is 1.75 bits per heavy atom. The van der Waals surface area contributed by atoms with Crippen LogP contribution >= 0.6 is 0 Å². The van der Waals surface area contributed by atoms with Crippen molar-refractivity contribution in [2.75, 3.05) is 6.54 Å². The molecule has 1 unspecified atom stereocenters. The standard InChI is InChI=1S/C15H31N/c1-5-15(3,4)14(16-6-2)12-13-10-8-7-9-11-13/h13-14,16H,5-12H2,1-4H3. The van der Waals surface area contributed by atoms with Crippen molar-refractivity contribution in [1.82, 2.24) is 5.32 Å². The highest BCUT2D eigenvalue weighted by molar-refractivity contribution is 4.85. The Balaban J connectivity index is 2.49. The summed E-state index contributed by atoms with van der Waals surface area (Å²) in [4.78, 5) is 0. The molecule has 1 atom stereocenters. The van der Waals surface area contributed by atoms with Gasteiger partial charge in [0.15, 0.2) is 0 Å². The van der Waals surface area contributed by atoms with E-state index in [1.165, 1.54) is 44.9 Å². The van der Waals surface area contributed by atoms with Crippen LogP contribution in [0.5, 0.6) is 0 Å². The van der Waals surface area contributed by atoms with Crippen LogP contribution in [0.25, 0.3) is 0 Å². The van der Waals surface area contributed by atoms with Gasteiger partial charge in [0, 0.05) is 6.04 Å². The van der Waals surface area contributed by atoms with Crippen molar-refractivity contribution in [3.8, 4) is 0 Å². The van der Waals surface area contributed by atoms with Gasteiger partial charge in [-0.15, -0.1) is 0 Å². The minimum atomic E-state index is 0.452. The Hall–Kier alpha value is -0.0400. The van der Waals surface area contributed by atoms with E-state index in [0.717, 1.165) is 12.5 Å². The van der Waals surface area contributed by atoms with E-state index in [-0.39, 0.29) is 0 Å². The molecule has 16 heavy (non-hydrogen) atoms. The minimum Gasteiger partial charge on any atom is -0.314 e. The molecule has 0 heterocycles. The average molecular weight is 225 g/mol. The summed E-state index contributed by atoms with van der Waals surface area (Å²) in [7, 11) is 0. The second-order valence-electron chi connectivity index (χ2n) is 6.19. The second-order valence-corrected chi connectivity index (χ2v) is 6.19. The Morgan fingerprint density at radius 3 is 2.25 bits per heavy atom. The maximum absolute atomic E-state index is 3.72. The van der Waals surface area contributed by atoms with Crippen molar-refractivity contribution in [3.63, 3.8) is 0 Å². The first-order valence-electron chi connectivity index (χ1n) is 7.33. The Morgan fingerprint density at radius 1 is 1.12 bits per heavy atom. The third kappa shape index (κ3) is 4.08. The summed E-state index contributed by atoms with van der Waals surface area (Å²) in [6, 6.07) is 0.714. The lowest BCUT2D eigenvalue weighted by Gasteiger charge is -2.37. The van der Waals surface area contributed by atoms with Gasteiger partial charge in [-0.1, -0.05) is 59.8 Å². The van der Waals surface area contributed by atoms with Gasteiger partial charge in [0.1, 0.15) is 0 Å². The third-order valence-corrected chi connectivity index (χ3v) is 4.60. The summed E-state index contributed by atoms with van der Waals surface area (Å²) in [5.41, 5.74) is 0.452. The van der Waals surface area contributed by atoms with Crippen LogP contribution in [-0.4, -0.2) is 12.6 Å². The lowest BCUT2D eigenvalue weighted by molar-refractivity contribution is 0.181. The zero-order valence-corrected chi connectivity index (χ0v) is 11.8. The number of rotatable bonds is 6. The summed E-state index contributed by atoms with van der Waals surface area (Å²) in [5.74, 6) is 0.989. The van der Waals surface area contributed by atoms with Crippen LogP contribution in [0.4, 0.5) is 0 Å². The van der Waals surface area contributed by atoms with Crippen molar-refractivity contribution in [3.05, 3.63) is 0 Å². The highest BCUT2D eigenvalue weighted by Crippen LogP contribution is 2.34. The maximum Gasteiger partial charge on any atom is 0.0121 e. The largest absolute Gasteiger partial charge is 0.314 e. The van der Waals surface area contributed by atoms with E-state index < -0.39 is 0 Å². The molecule has 1 N–H and O–H groups in total. The molecule has 0 bridgehead atoms. The second kappa shape index (κ2) is 6.64. The van der Waals surface area contributed by atoms with Crippen molar-refractivity contribution in [2.24, 2.45) is 11.3 Å². The highest BCUT2D eigenvalue weighted by Gasteiger charge is 2.29. The predicted molar refractivity (Wildman–Crippen MR) is 72.7 cm³/mol. The topological polar surface area (TPSA) is 12.0 Å². The highest BCUT2D eigenvalue weighted by atomic mass is 14.9. The van der Waals surface area contributed by atoms with Crippen LogP contribution in [0.15, 0.2) is 0 Å². The lowest BCUT2D eigenvalue weighted by atomic mass is 9.74. The van der Waals surface area contributed by atoms with Gasteiger partial charge in [-0.25, -0.2) is 0 Å². The van der Waals surface area contributed by atoms with Crippen molar-refractivity contribution >= 4 is 0 Å². The monoisotopic (exact) mass is 225 g/mol. The first-order valence-corrected chi connectivity index (χ1v) is 7.33. The minimum absolute atomic E-state index is 0.452. The van der Waals surface area contributed by atoms with Crippen LogP contribution in [-0.2, 0) is 0 Å². The molecule has 0 aliphatic heterocycles. The van der Waals surface area contributed by atoms with Gasteiger partial charge in [-0.05, 0) is 30.7 Å². The summed E-state index contributed by atoms with van der Waals surface area (Å²) < 4.78 is 0. The van der Waals surface area contributed by atoms with Gasteiger partial charge in [0.2, 0.25) is 0 Å². The molecule has 0 saturated heterocycles. The fourth-order valence-corrected chi connectivity index (χ4v) is 2.93. The average Bonchev–Trinajstić information content (AvgIpc) is 2.30. The molecule has 0 amide bonds.